The average molecular weight is 343 g/mol. The maximum Gasteiger partial charge on any atom is 0.470 e. The Bertz CT molecular complexity index is 649. The Hall–Kier alpha value is -2.23. The van der Waals surface area contributed by atoms with Crippen molar-refractivity contribution in [3.63, 3.8) is 0 Å². The first-order chi connectivity index (χ1) is 11.5. The molecule has 0 aliphatic carbocycles. The number of hydrogen-bond donors (Lipinski definition) is 0. The van der Waals surface area contributed by atoms with Gasteiger partial charge in [-0.25, -0.2) is 9.97 Å². The zero-order valence-corrected chi connectivity index (χ0v) is 12.7. The van der Waals surface area contributed by atoms with Crippen LogP contribution in [0.5, 0.6) is 6.01 Å². The molecule has 1 saturated heterocycles. The first kappa shape index (κ1) is 16.6. The molecule has 1 fully saturated rings. The van der Waals surface area contributed by atoms with Crippen molar-refractivity contribution in [3.05, 3.63) is 30.2 Å². The Balaban J connectivity index is 1.51. The van der Waals surface area contributed by atoms with Crippen LogP contribution in [0.25, 0.3) is 0 Å². The van der Waals surface area contributed by atoms with Crippen molar-refractivity contribution < 1.29 is 22.3 Å². The van der Waals surface area contributed by atoms with Crippen molar-refractivity contribution in [2.75, 3.05) is 19.7 Å². The van der Waals surface area contributed by atoms with Crippen LogP contribution in [0.2, 0.25) is 0 Å². The van der Waals surface area contributed by atoms with Crippen molar-refractivity contribution in [2.45, 2.75) is 25.6 Å². The highest BCUT2D eigenvalue weighted by Gasteiger charge is 2.38. The monoisotopic (exact) mass is 343 g/mol. The van der Waals surface area contributed by atoms with E-state index in [9.17, 15) is 13.2 Å². The van der Waals surface area contributed by atoms with Crippen LogP contribution in [-0.4, -0.2) is 44.8 Å². The van der Waals surface area contributed by atoms with Crippen molar-refractivity contribution >= 4 is 0 Å². The lowest BCUT2D eigenvalue weighted by Crippen LogP contribution is -2.37. The van der Waals surface area contributed by atoms with E-state index in [-0.39, 0.29) is 18.4 Å². The molecule has 3 rings (SSSR count). The molecule has 0 N–H and O–H groups in total. The predicted molar refractivity (Wildman–Crippen MR) is 74.8 cm³/mol. The Kier molecular flexibility index (Phi) is 4.93. The van der Waals surface area contributed by atoms with Gasteiger partial charge in [0.2, 0.25) is 5.89 Å². The fourth-order valence-electron chi connectivity index (χ4n) is 2.61. The molecule has 1 aliphatic heterocycles. The standard InChI is InChI=1S/C14H16F3N5O2/c15-14(16,17)12-21-20-11(24-12)8-22-6-1-3-10(7-22)9-23-13-18-4-2-5-19-13/h2,4-5,10H,1,3,6-9H2. The molecule has 24 heavy (non-hydrogen) atoms. The molecule has 1 unspecified atom stereocenters. The van der Waals surface area contributed by atoms with Gasteiger partial charge in [-0.1, -0.05) is 0 Å². The number of alkyl halides is 3. The summed E-state index contributed by atoms with van der Waals surface area (Å²) >= 11 is 0. The zero-order chi connectivity index (χ0) is 17.0. The fourth-order valence-corrected chi connectivity index (χ4v) is 2.61. The normalized spacial score (nSPS) is 19.4. The Morgan fingerprint density at radius 3 is 2.75 bits per heavy atom. The number of rotatable bonds is 5. The van der Waals surface area contributed by atoms with Crippen LogP contribution in [0.3, 0.4) is 0 Å². The number of hydrogen-bond acceptors (Lipinski definition) is 7. The van der Waals surface area contributed by atoms with Gasteiger partial charge in [0.15, 0.2) is 0 Å². The van der Waals surface area contributed by atoms with E-state index < -0.39 is 12.1 Å². The van der Waals surface area contributed by atoms with E-state index in [1.807, 2.05) is 4.90 Å². The Morgan fingerprint density at radius 2 is 2.04 bits per heavy atom. The number of nitrogens with zero attached hydrogens (tertiary/aromatic N) is 5. The summed E-state index contributed by atoms with van der Waals surface area (Å²) in [7, 11) is 0. The molecule has 3 heterocycles. The van der Waals surface area contributed by atoms with Gasteiger partial charge >= 0.3 is 18.1 Å². The van der Waals surface area contributed by atoms with Gasteiger partial charge in [0, 0.05) is 24.9 Å². The first-order valence-corrected chi connectivity index (χ1v) is 7.52. The molecule has 2 aromatic rings. The van der Waals surface area contributed by atoms with E-state index in [0.717, 1.165) is 19.4 Å². The summed E-state index contributed by atoms with van der Waals surface area (Å²) < 4.78 is 47.6. The molecule has 2 aromatic heterocycles. The molecule has 0 bridgehead atoms. The third kappa shape index (κ3) is 4.40. The maximum atomic E-state index is 12.5. The van der Waals surface area contributed by atoms with Crippen molar-refractivity contribution in [1.29, 1.82) is 0 Å². The summed E-state index contributed by atoms with van der Waals surface area (Å²) in [6.07, 6.45) is 0.483. The van der Waals surface area contributed by atoms with Crippen molar-refractivity contribution in [3.8, 4) is 6.01 Å². The second-order valence-electron chi connectivity index (χ2n) is 5.58. The van der Waals surface area contributed by atoms with Gasteiger partial charge < -0.3 is 9.15 Å². The van der Waals surface area contributed by atoms with Crippen LogP contribution in [0.4, 0.5) is 13.2 Å². The number of halogens is 3. The van der Waals surface area contributed by atoms with Gasteiger partial charge in [0.25, 0.3) is 0 Å². The minimum absolute atomic E-state index is 0.0321. The topological polar surface area (TPSA) is 77.2 Å². The fraction of sp³-hybridized carbons (Fsp3) is 0.571. The SMILES string of the molecule is FC(F)(F)c1nnc(CN2CCCC(COc3ncccn3)C2)o1. The second-order valence-corrected chi connectivity index (χ2v) is 5.58. The van der Waals surface area contributed by atoms with Crippen LogP contribution in [-0.2, 0) is 12.7 Å². The quantitative estimate of drug-likeness (QED) is 0.823. The van der Waals surface area contributed by atoms with Gasteiger partial charge in [-0.15, -0.1) is 10.2 Å². The van der Waals surface area contributed by atoms with E-state index in [1.54, 1.807) is 18.5 Å². The van der Waals surface area contributed by atoms with Crippen molar-refractivity contribution in [2.24, 2.45) is 5.92 Å². The van der Waals surface area contributed by atoms with Crippen LogP contribution >= 0.6 is 0 Å². The lowest BCUT2D eigenvalue weighted by Gasteiger charge is -2.31. The molecule has 10 heteroatoms. The summed E-state index contributed by atoms with van der Waals surface area (Å²) in [6.45, 7) is 2.10. The first-order valence-electron chi connectivity index (χ1n) is 7.52. The molecule has 0 radical (unpaired) electrons. The van der Waals surface area contributed by atoms with E-state index >= 15 is 0 Å². The summed E-state index contributed by atoms with van der Waals surface area (Å²) in [5.74, 6) is -1.10. The number of likely N-dealkylation sites (tertiary alicyclic amines) is 1. The molecule has 1 aliphatic rings. The summed E-state index contributed by atoms with van der Waals surface area (Å²) in [4.78, 5) is 9.96. The van der Waals surface area contributed by atoms with Gasteiger partial charge in [0.1, 0.15) is 0 Å². The third-order valence-electron chi connectivity index (χ3n) is 3.66. The zero-order valence-electron chi connectivity index (χ0n) is 12.7. The van der Waals surface area contributed by atoms with Crippen LogP contribution in [0.1, 0.15) is 24.6 Å². The van der Waals surface area contributed by atoms with Gasteiger partial charge in [-0.3, -0.25) is 4.90 Å². The smallest absolute Gasteiger partial charge is 0.463 e. The molecule has 0 amide bonds. The number of aromatic nitrogens is 4. The molecule has 0 aromatic carbocycles. The predicted octanol–water partition coefficient (Wildman–Crippen LogP) is 2.17. The Labute approximate surface area is 135 Å². The lowest BCUT2D eigenvalue weighted by molar-refractivity contribution is -0.157. The van der Waals surface area contributed by atoms with Gasteiger partial charge in [0.05, 0.1) is 13.2 Å². The molecule has 130 valence electrons. The highest BCUT2D eigenvalue weighted by Crippen LogP contribution is 2.28. The van der Waals surface area contributed by atoms with E-state index in [0.29, 0.717) is 19.2 Å². The highest BCUT2D eigenvalue weighted by atomic mass is 19.4. The maximum absolute atomic E-state index is 12.5. The van der Waals surface area contributed by atoms with Crippen LogP contribution < -0.4 is 4.74 Å². The second kappa shape index (κ2) is 7.12. The summed E-state index contributed by atoms with van der Waals surface area (Å²) in [5, 5.41) is 6.50. The molecular formula is C14H16F3N5O2. The highest BCUT2D eigenvalue weighted by molar-refractivity contribution is 4.93. The van der Waals surface area contributed by atoms with Gasteiger partial charge in [-0.2, -0.15) is 13.2 Å². The molecular weight excluding hydrogens is 327 g/mol. The molecule has 0 spiro atoms. The molecule has 0 saturated carbocycles. The lowest BCUT2D eigenvalue weighted by atomic mass is 9.99. The Morgan fingerprint density at radius 1 is 1.25 bits per heavy atom. The third-order valence-corrected chi connectivity index (χ3v) is 3.66. The minimum atomic E-state index is -4.61. The van der Waals surface area contributed by atoms with Crippen LogP contribution in [0, 0.1) is 5.92 Å². The number of piperidine rings is 1. The molecule has 7 nitrogen and oxygen atoms in total. The van der Waals surface area contributed by atoms with Crippen LogP contribution in [0.15, 0.2) is 22.9 Å². The minimum Gasteiger partial charge on any atom is -0.463 e. The van der Waals surface area contributed by atoms with E-state index in [2.05, 4.69) is 24.6 Å². The van der Waals surface area contributed by atoms with E-state index in [4.69, 9.17) is 4.74 Å². The van der Waals surface area contributed by atoms with E-state index in [1.165, 1.54) is 0 Å². The largest absolute Gasteiger partial charge is 0.470 e. The molecule has 1 atom stereocenters. The van der Waals surface area contributed by atoms with Gasteiger partial charge in [-0.05, 0) is 25.5 Å². The van der Waals surface area contributed by atoms with Crippen molar-refractivity contribution in [1.82, 2.24) is 25.1 Å². The number of ether oxygens (including phenoxy) is 1. The average Bonchev–Trinajstić information content (AvgIpc) is 3.03. The summed E-state index contributed by atoms with van der Waals surface area (Å²) in [6, 6.07) is 2.02. The summed E-state index contributed by atoms with van der Waals surface area (Å²) in [5.41, 5.74) is 0.